The van der Waals surface area contributed by atoms with Crippen LogP contribution in [-0.2, 0) is 0 Å². The number of rotatable bonds is 6. The molecule has 0 saturated carbocycles. The van der Waals surface area contributed by atoms with Crippen LogP contribution >= 0.6 is 0 Å². The summed E-state index contributed by atoms with van der Waals surface area (Å²) in [4.78, 5) is 23.5. The molecule has 178 valence electrons. The number of fused-ring (bicyclic) bond motifs is 1. The van der Waals surface area contributed by atoms with E-state index in [0.29, 0.717) is 34.4 Å². The number of benzene rings is 2. The lowest BCUT2D eigenvalue weighted by atomic mass is 10.2. The average molecular weight is 471 g/mol. The molecule has 0 bridgehead atoms. The van der Waals surface area contributed by atoms with Gasteiger partial charge in [-0.25, -0.2) is 14.8 Å². The number of amides is 2. The summed E-state index contributed by atoms with van der Waals surface area (Å²) in [7, 11) is 0. The van der Waals surface area contributed by atoms with Crippen molar-refractivity contribution in [1.29, 1.82) is 0 Å². The number of ether oxygens (including phenoxy) is 2. The fourth-order valence-corrected chi connectivity index (χ4v) is 3.90. The monoisotopic (exact) mass is 470 g/mol. The standard InChI is InChI=1S/C26H26N6O3/c33-26(31-22-8-9-23-24(15-22)35-18-34-23)30-21-5-3-4-19(14-21)6-7-20-16-28-25(29-17-20)27-10-13-32-11-1-2-12-32/h3-5,8-9,14-17H,1-2,10-13,18H2,(H,27,28,29)(H2,30,31,33). The van der Waals surface area contributed by atoms with Crippen LogP contribution < -0.4 is 25.4 Å². The first kappa shape index (κ1) is 22.5. The summed E-state index contributed by atoms with van der Waals surface area (Å²) in [5.74, 6) is 8.04. The first-order valence-electron chi connectivity index (χ1n) is 11.6. The maximum Gasteiger partial charge on any atom is 0.323 e. The van der Waals surface area contributed by atoms with Gasteiger partial charge in [0.2, 0.25) is 12.7 Å². The molecule has 0 atom stereocenters. The minimum absolute atomic E-state index is 0.185. The number of carbonyl (C=O) groups is 1. The highest BCUT2D eigenvalue weighted by Crippen LogP contribution is 2.34. The fourth-order valence-electron chi connectivity index (χ4n) is 3.90. The van der Waals surface area contributed by atoms with Crippen molar-refractivity contribution in [3.05, 3.63) is 66.0 Å². The second kappa shape index (κ2) is 10.8. The van der Waals surface area contributed by atoms with Gasteiger partial charge in [-0.2, -0.15) is 0 Å². The van der Waals surface area contributed by atoms with Crippen LogP contribution in [-0.4, -0.2) is 53.9 Å². The Labute approximate surface area is 203 Å². The van der Waals surface area contributed by atoms with Crippen molar-refractivity contribution in [2.24, 2.45) is 0 Å². The highest BCUT2D eigenvalue weighted by molar-refractivity contribution is 6.00. The van der Waals surface area contributed by atoms with Gasteiger partial charge in [-0.1, -0.05) is 17.9 Å². The third kappa shape index (κ3) is 6.19. The van der Waals surface area contributed by atoms with E-state index in [0.717, 1.165) is 18.7 Å². The number of aromatic nitrogens is 2. The number of carbonyl (C=O) groups excluding carboxylic acids is 1. The molecule has 0 spiro atoms. The Morgan fingerprint density at radius 1 is 0.914 bits per heavy atom. The molecular formula is C26H26N6O3. The number of anilines is 3. The van der Waals surface area contributed by atoms with Gasteiger partial charge in [-0.3, -0.25) is 0 Å². The van der Waals surface area contributed by atoms with E-state index < -0.39 is 0 Å². The maximum atomic E-state index is 12.4. The topological polar surface area (TPSA) is 101 Å². The van der Waals surface area contributed by atoms with E-state index in [9.17, 15) is 4.79 Å². The van der Waals surface area contributed by atoms with E-state index in [2.05, 4.69) is 42.7 Å². The Hall–Kier alpha value is -4.29. The fraction of sp³-hybridized carbons (Fsp3) is 0.269. The third-order valence-electron chi connectivity index (χ3n) is 5.66. The quantitative estimate of drug-likeness (QED) is 0.472. The molecule has 3 heterocycles. The molecule has 5 rings (SSSR count). The summed E-state index contributed by atoms with van der Waals surface area (Å²) in [6.45, 7) is 4.37. The molecule has 35 heavy (non-hydrogen) atoms. The average Bonchev–Trinajstić information content (AvgIpc) is 3.56. The van der Waals surface area contributed by atoms with Crippen molar-refractivity contribution in [2.45, 2.75) is 12.8 Å². The lowest BCUT2D eigenvalue weighted by molar-refractivity contribution is 0.174. The Balaban J connectivity index is 1.13. The van der Waals surface area contributed by atoms with Crippen LogP contribution in [0.1, 0.15) is 24.0 Å². The number of nitrogens with zero attached hydrogens (tertiary/aromatic N) is 3. The highest BCUT2D eigenvalue weighted by Gasteiger charge is 2.14. The zero-order valence-corrected chi connectivity index (χ0v) is 19.2. The molecule has 1 fully saturated rings. The van der Waals surface area contributed by atoms with Crippen molar-refractivity contribution in [2.75, 3.05) is 48.9 Å². The van der Waals surface area contributed by atoms with Crippen LogP contribution in [0.3, 0.4) is 0 Å². The third-order valence-corrected chi connectivity index (χ3v) is 5.66. The van der Waals surface area contributed by atoms with E-state index in [4.69, 9.17) is 9.47 Å². The van der Waals surface area contributed by atoms with Crippen LogP contribution in [0.15, 0.2) is 54.9 Å². The molecule has 0 radical (unpaired) electrons. The molecule has 1 saturated heterocycles. The van der Waals surface area contributed by atoms with Crippen LogP contribution in [0.25, 0.3) is 0 Å². The lowest BCUT2D eigenvalue weighted by Crippen LogP contribution is -2.26. The van der Waals surface area contributed by atoms with Gasteiger partial charge in [0.05, 0.1) is 5.56 Å². The molecule has 3 aromatic rings. The maximum absolute atomic E-state index is 12.4. The van der Waals surface area contributed by atoms with Gasteiger partial charge in [0.25, 0.3) is 0 Å². The summed E-state index contributed by atoms with van der Waals surface area (Å²) in [5, 5.41) is 8.86. The summed E-state index contributed by atoms with van der Waals surface area (Å²) in [5.41, 5.74) is 2.72. The molecule has 3 N–H and O–H groups in total. The van der Waals surface area contributed by atoms with Crippen LogP contribution in [0.2, 0.25) is 0 Å². The van der Waals surface area contributed by atoms with Crippen molar-refractivity contribution in [3.8, 4) is 23.3 Å². The normalized spacial score (nSPS) is 14.2. The summed E-state index contributed by atoms with van der Waals surface area (Å²) in [6, 6.07) is 12.2. The van der Waals surface area contributed by atoms with Gasteiger partial charge in [-0.05, 0) is 56.3 Å². The minimum Gasteiger partial charge on any atom is -0.454 e. The Morgan fingerprint density at radius 3 is 2.49 bits per heavy atom. The number of hydrogen-bond acceptors (Lipinski definition) is 7. The second-order valence-corrected chi connectivity index (χ2v) is 8.25. The number of hydrogen-bond donors (Lipinski definition) is 3. The van der Waals surface area contributed by atoms with Gasteiger partial charge in [0, 0.05) is 48.5 Å². The van der Waals surface area contributed by atoms with Crippen molar-refractivity contribution < 1.29 is 14.3 Å². The zero-order valence-electron chi connectivity index (χ0n) is 19.2. The van der Waals surface area contributed by atoms with Gasteiger partial charge in [0.15, 0.2) is 11.5 Å². The molecule has 9 nitrogen and oxygen atoms in total. The predicted octanol–water partition coefficient (Wildman–Crippen LogP) is 3.76. The van der Waals surface area contributed by atoms with Gasteiger partial charge in [0.1, 0.15) is 0 Å². The summed E-state index contributed by atoms with van der Waals surface area (Å²) >= 11 is 0. The van der Waals surface area contributed by atoms with E-state index in [1.807, 2.05) is 12.1 Å². The first-order chi connectivity index (χ1) is 17.2. The van der Waals surface area contributed by atoms with Crippen molar-refractivity contribution >= 4 is 23.4 Å². The molecule has 9 heteroatoms. The molecule has 2 aliphatic rings. The number of nitrogens with one attached hydrogen (secondary N) is 3. The van der Waals surface area contributed by atoms with E-state index in [1.54, 1.807) is 42.7 Å². The summed E-state index contributed by atoms with van der Waals surface area (Å²) in [6.07, 6.45) is 5.99. The van der Waals surface area contributed by atoms with Crippen LogP contribution in [0.5, 0.6) is 11.5 Å². The number of likely N-dealkylation sites (tertiary alicyclic amines) is 1. The van der Waals surface area contributed by atoms with E-state index in [-0.39, 0.29) is 12.8 Å². The molecule has 0 unspecified atom stereocenters. The highest BCUT2D eigenvalue weighted by atomic mass is 16.7. The Kier molecular flexibility index (Phi) is 6.92. The van der Waals surface area contributed by atoms with Crippen molar-refractivity contribution in [3.63, 3.8) is 0 Å². The van der Waals surface area contributed by atoms with Gasteiger partial charge in [-0.15, -0.1) is 0 Å². The molecular weight excluding hydrogens is 444 g/mol. The lowest BCUT2D eigenvalue weighted by Gasteiger charge is -2.14. The molecule has 0 aliphatic carbocycles. The first-order valence-corrected chi connectivity index (χ1v) is 11.6. The van der Waals surface area contributed by atoms with Crippen molar-refractivity contribution in [1.82, 2.24) is 14.9 Å². The predicted molar refractivity (Wildman–Crippen MR) is 134 cm³/mol. The second-order valence-electron chi connectivity index (χ2n) is 8.25. The zero-order chi connectivity index (χ0) is 23.9. The van der Waals surface area contributed by atoms with Gasteiger partial charge >= 0.3 is 6.03 Å². The van der Waals surface area contributed by atoms with Gasteiger partial charge < -0.3 is 30.3 Å². The van der Waals surface area contributed by atoms with Crippen LogP contribution in [0.4, 0.5) is 22.1 Å². The summed E-state index contributed by atoms with van der Waals surface area (Å²) < 4.78 is 10.6. The smallest absolute Gasteiger partial charge is 0.323 e. The molecule has 1 aromatic heterocycles. The van der Waals surface area contributed by atoms with E-state index in [1.165, 1.54) is 25.9 Å². The van der Waals surface area contributed by atoms with E-state index >= 15 is 0 Å². The SMILES string of the molecule is O=C(Nc1cccc(C#Cc2cnc(NCCN3CCCC3)nc2)c1)Nc1ccc2c(c1)OCO2. The molecule has 2 aromatic carbocycles. The molecule has 2 amide bonds. The Morgan fingerprint density at radius 2 is 1.66 bits per heavy atom. The number of urea groups is 1. The largest absolute Gasteiger partial charge is 0.454 e. The minimum atomic E-state index is -0.366. The molecule has 2 aliphatic heterocycles. The van der Waals surface area contributed by atoms with Crippen LogP contribution in [0, 0.1) is 11.8 Å². The Bertz CT molecular complexity index is 1250.